The third kappa shape index (κ3) is 43.8. The first-order chi connectivity index (χ1) is 27.9. The van der Waals surface area contributed by atoms with Gasteiger partial charge in [0.1, 0.15) is 13.2 Å². The molecule has 0 fully saturated rings. The summed E-state index contributed by atoms with van der Waals surface area (Å²) in [5, 5.41) is 0. The molecule has 0 saturated carbocycles. The first-order valence-electron chi connectivity index (χ1n) is 25.4. The summed E-state index contributed by atoms with van der Waals surface area (Å²) in [7, 11) is 0. The second kappa shape index (κ2) is 45.5. The fourth-order valence-corrected chi connectivity index (χ4v) is 7.66. The van der Waals surface area contributed by atoms with Crippen molar-refractivity contribution in [3.05, 3.63) is 0 Å². The van der Waals surface area contributed by atoms with Crippen LogP contribution >= 0.6 is 0 Å². The van der Waals surface area contributed by atoms with E-state index in [1.54, 1.807) is 0 Å². The molecular formula is C51H98O6. The molecule has 0 N–H and O–H groups in total. The van der Waals surface area contributed by atoms with E-state index in [0.717, 1.165) is 63.7 Å². The Bertz CT molecular complexity index is 859. The molecule has 0 aliphatic heterocycles. The van der Waals surface area contributed by atoms with Crippen molar-refractivity contribution in [3.63, 3.8) is 0 Å². The van der Waals surface area contributed by atoms with Crippen molar-refractivity contribution in [1.29, 1.82) is 0 Å². The lowest BCUT2D eigenvalue weighted by Gasteiger charge is -2.18. The van der Waals surface area contributed by atoms with Crippen LogP contribution in [0.25, 0.3) is 0 Å². The molecule has 57 heavy (non-hydrogen) atoms. The van der Waals surface area contributed by atoms with Crippen molar-refractivity contribution in [2.45, 2.75) is 291 Å². The number of carbonyl (C=O) groups is 3. The Morgan fingerprint density at radius 2 is 0.614 bits per heavy atom. The van der Waals surface area contributed by atoms with Crippen molar-refractivity contribution in [3.8, 4) is 0 Å². The molecule has 0 aliphatic rings. The van der Waals surface area contributed by atoms with Crippen LogP contribution in [0.2, 0.25) is 0 Å². The topological polar surface area (TPSA) is 78.9 Å². The summed E-state index contributed by atoms with van der Waals surface area (Å²) in [6.07, 6.45) is 46.5. The van der Waals surface area contributed by atoms with E-state index in [1.165, 1.54) is 180 Å². The van der Waals surface area contributed by atoms with Gasteiger partial charge in [0.05, 0.1) is 0 Å². The number of unbranched alkanes of at least 4 members (excludes halogenated alkanes) is 32. The van der Waals surface area contributed by atoms with Crippen molar-refractivity contribution in [2.75, 3.05) is 13.2 Å². The molecule has 0 rings (SSSR count). The number of esters is 3. The number of hydrogen-bond donors (Lipinski definition) is 0. The van der Waals surface area contributed by atoms with Gasteiger partial charge in [-0.1, -0.05) is 246 Å². The van der Waals surface area contributed by atoms with E-state index in [0.29, 0.717) is 19.3 Å². The van der Waals surface area contributed by atoms with E-state index in [9.17, 15) is 14.4 Å². The Morgan fingerprint density at radius 1 is 0.351 bits per heavy atom. The fourth-order valence-electron chi connectivity index (χ4n) is 7.66. The molecule has 0 aliphatic carbocycles. The predicted octanol–water partition coefficient (Wildman–Crippen LogP) is 16.3. The van der Waals surface area contributed by atoms with Crippen LogP contribution in [0.15, 0.2) is 0 Å². The van der Waals surface area contributed by atoms with E-state index in [2.05, 4.69) is 27.7 Å². The molecule has 0 aromatic rings. The van der Waals surface area contributed by atoms with Crippen molar-refractivity contribution >= 4 is 17.9 Å². The molecule has 0 bridgehead atoms. The number of rotatable bonds is 46. The first kappa shape index (κ1) is 55.4. The zero-order valence-corrected chi connectivity index (χ0v) is 38.8. The van der Waals surface area contributed by atoms with E-state index in [4.69, 9.17) is 14.2 Å². The number of ether oxygens (including phenoxy) is 3. The van der Waals surface area contributed by atoms with Crippen LogP contribution in [0, 0.1) is 5.92 Å². The maximum Gasteiger partial charge on any atom is 0.306 e. The molecule has 0 aromatic carbocycles. The Morgan fingerprint density at radius 3 is 0.912 bits per heavy atom. The summed E-state index contributed by atoms with van der Waals surface area (Å²) in [6.45, 7) is 9.05. The minimum Gasteiger partial charge on any atom is -0.462 e. The molecule has 2 atom stereocenters. The lowest BCUT2D eigenvalue weighted by Crippen LogP contribution is -2.30. The Hall–Kier alpha value is -1.59. The molecule has 6 heteroatoms. The minimum absolute atomic E-state index is 0.0629. The van der Waals surface area contributed by atoms with Crippen LogP contribution in [-0.2, 0) is 28.6 Å². The van der Waals surface area contributed by atoms with Gasteiger partial charge in [-0.3, -0.25) is 14.4 Å². The summed E-state index contributed by atoms with van der Waals surface area (Å²) in [5.74, 6) is 0.0478. The molecule has 0 saturated heterocycles. The molecule has 0 aromatic heterocycles. The van der Waals surface area contributed by atoms with Crippen LogP contribution < -0.4 is 0 Å². The summed E-state index contributed by atoms with van der Waals surface area (Å²) in [4.78, 5) is 37.8. The summed E-state index contributed by atoms with van der Waals surface area (Å²) in [6, 6.07) is 0. The van der Waals surface area contributed by atoms with Gasteiger partial charge >= 0.3 is 17.9 Å². The van der Waals surface area contributed by atoms with Crippen LogP contribution in [0.1, 0.15) is 285 Å². The molecule has 0 radical (unpaired) electrons. The molecule has 338 valence electrons. The van der Waals surface area contributed by atoms with Gasteiger partial charge in [0.15, 0.2) is 6.10 Å². The summed E-state index contributed by atoms with van der Waals surface area (Å²) < 4.78 is 16.8. The third-order valence-electron chi connectivity index (χ3n) is 11.9. The second-order valence-corrected chi connectivity index (χ2v) is 17.7. The zero-order chi connectivity index (χ0) is 41.7. The van der Waals surface area contributed by atoms with Crippen molar-refractivity contribution in [1.82, 2.24) is 0 Å². The van der Waals surface area contributed by atoms with E-state index in [1.807, 2.05) is 0 Å². The highest BCUT2D eigenvalue weighted by molar-refractivity contribution is 5.71. The zero-order valence-electron chi connectivity index (χ0n) is 38.8. The van der Waals surface area contributed by atoms with Gasteiger partial charge in [-0.05, 0) is 25.2 Å². The number of carbonyl (C=O) groups excluding carboxylic acids is 3. The number of hydrogen-bond acceptors (Lipinski definition) is 6. The quantitative estimate of drug-likeness (QED) is 0.0346. The normalized spacial score (nSPS) is 12.4. The van der Waals surface area contributed by atoms with Gasteiger partial charge in [-0.15, -0.1) is 0 Å². The summed E-state index contributed by atoms with van der Waals surface area (Å²) in [5.41, 5.74) is 0. The van der Waals surface area contributed by atoms with Gasteiger partial charge < -0.3 is 14.2 Å². The Labute approximate surface area is 355 Å². The van der Waals surface area contributed by atoms with Gasteiger partial charge in [0.25, 0.3) is 0 Å². The smallest absolute Gasteiger partial charge is 0.306 e. The Kier molecular flexibility index (Phi) is 44.2. The molecular weight excluding hydrogens is 709 g/mol. The van der Waals surface area contributed by atoms with Crippen LogP contribution in [0.5, 0.6) is 0 Å². The minimum atomic E-state index is -0.759. The monoisotopic (exact) mass is 807 g/mol. The van der Waals surface area contributed by atoms with Gasteiger partial charge in [0, 0.05) is 19.3 Å². The molecule has 0 spiro atoms. The first-order valence-corrected chi connectivity index (χ1v) is 25.4. The van der Waals surface area contributed by atoms with E-state index in [-0.39, 0.29) is 31.1 Å². The maximum atomic E-state index is 12.7. The lowest BCUT2D eigenvalue weighted by atomic mass is 9.99. The van der Waals surface area contributed by atoms with Gasteiger partial charge in [-0.2, -0.15) is 0 Å². The largest absolute Gasteiger partial charge is 0.462 e. The average Bonchev–Trinajstić information content (AvgIpc) is 3.21. The van der Waals surface area contributed by atoms with Crippen LogP contribution in [-0.4, -0.2) is 37.2 Å². The van der Waals surface area contributed by atoms with E-state index < -0.39 is 6.10 Å². The molecule has 0 heterocycles. The molecule has 0 amide bonds. The lowest BCUT2D eigenvalue weighted by molar-refractivity contribution is -0.167. The summed E-state index contributed by atoms with van der Waals surface area (Å²) >= 11 is 0. The maximum absolute atomic E-state index is 12.7. The van der Waals surface area contributed by atoms with E-state index >= 15 is 0 Å². The molecule has 6 nitrogen and oxygen atoms in total. The predicted molar refractivity (Wildman–Crippen MR) is 243 cm³/mol. The highest BCUT2D eigenvalue weighted by Gasteiger charge is 2.19. The SMILES string of the molecule is CCCCCCCCCCCCCC(=O)O[C@H](COC(=O)CCCCCCCCCCCC)COC(=O)CCCCCCCCCCCCCCCCC(C)CC. The van der Waals surface area contributed by atoms with Gasteiger partial charge in [-0.25, -0.2) is 0 Å². The van der Waals surface area contributed by atoms with Crippen molar-refractivity contribution < 1.29 is 28.6 Å². The molecule has 1 unspecified atom stereocenters. The highest BCUT2D eigenvalue weighted by atomic mass is 16.6. The fraction of sp³-hybridized carbons (Fsp3) is 0.941. The third-order valence-corrected chi connectivity index (χ3v) is 11.9. The van der Waals surface area contributed by atoms with Crippen LogP contribution in [0.3, 0.4) is 0 Å². The average molecular weight is 807 g/mol. The second-order valence-electron chi connectivity index (χ2n) is 17.7. The van der Waals surface area contributed by atoms with Crippen molar-refractivity contribution in [2.24, 2.45) is 5.92 Å². The van der Waals surface area contributed by atoms with Gasteiger partial charge in [0.2, 0.25) is 0 Å². The Balaban J connectivity index is 4.24. The van der Waals surface area contributed by atoms with Crippen LogP contribution in [0.4, 0.5) is 0 Å². The standard InChI is InChI=1S/C51H98O6/c1-5-8-10-12-14-16-22-28-32-36-40-44-51(54)57-48(45-55-49(52)42-38-34-30-26-17-15-13-11-9-6-2)46-56-50(53)43-39-35-31-27-24-21-19-18-20-23-25-29-33-37-41-47(4)7-3/h47-48H,5-46H2,1-4H3/t47?,48-/m1/s1. The highest BCUT2D eigenvalue weighted by Crippen LogP contribution is 2.17.